The number of hydrogen-bond donors (Lipinski definition) is 0. The molecule has 0 aliphatic carbocycles. The molecule has 0 radical (unpaired) electrons. The maximum atomic E-state index is 13.1. The van der Waals surface area contributed by atoms with Crippen LogP contribution in [0.15, 0.2) is 18.2 Å². The lowest BCUT2D eigenvalue weighted by molar-refractivity contribution is -0.104. The van der Waals surface area contributed by atoms with Gasteiger partial charge in [0.25, 0.3) is 0 Å². The summed E-state index contributed by atoms with van der Waals surface area (Å²) in [5.41, 5.74) is -0.252. The summed E-state index contributed by atoms with van der Waals surface area (Å²) in [4.78, 5) is 9.97. The molecular weight excluding hydrogens is 190 g/mol. The van der Waals surface area contributed by atoms with Crippen LogP contribution < -0.4 is 4.74 Å². The van der Waals surface area contributed by atoms with Gasteiger partial charge >= 0.3 is 0 Å². The van der Waals surface area contributed by atoms with Crippen LogP contribution in [-0.4, -0.2) is 13.4 Å². The summed E-state index contributed by atoms with van der Waals surface area (Å²) in [7, 11) is 1.31. The topological polar surface area (TPSA) is 26.3 Å². The number of rotatable bonds is 3. The van der Waals surface area contributed by atoms with Crippen LogP contribution in [0.2, 0.25) is 0 Å². The Morgan fingerprint density at radius 3 is 2.29 bits per heavy atom. The lowest BCUT2D eigenvalue weighted by Gasteiger charge is -2.03. The lowest BCUT2D eigenvalue weighted by Crippen LogP contribution is -1.92. The molecule has 2 nitrogen and oxygen atoms in total. The second-order valence-electron chi connectivity index (χ2n) is 2.50. The van der Waals surface area contributed by atoms with Gasteiger partial charge in [0.1, 0.15) is 23.7 Å². The normalized spacial score (nSPS) is 10.5. The van der Waals surface area contributed by atoms with Gasteiger partial charge < -0.3 is 4.74 Å². The third kappa shape index (κ3) is 2.16. The van der Waals surface area contributed by atoms with Crippen LogP contribution in [0.1, 0.15) is 5.56 Å². The Labute approximate surface area is 79.8 Å². The predicted octanol–water partition coefficient (Wildman–Crippen LogP) is 2.19. The average Bonchev–Trinajstić information content (AvgIpc) is 2.16. The van der Waals surface area contributed by atoms with Gasteiger partial charge in [0.2, 0.25) is 0 Å². The molecule has 14 heavy (non-hydrogen) atoms. The van der Waals surface area contributed by atoms with Gasteiger partial charge in [0.05, 0.1) is 7.11 Å². The molecule has 1 aromatic carbocycles. The van der Waals surface area contributed by atoms with E-state index in [-0.39, 0.29) is 11.3 Å². The summed E-state index contributed by atoms with van der Waals surface area (Å²) in [6.07, 6.45) is 2.54. The Morgan fingerprint density at radius 2 is 1.86 bits per heavy atom. The van der Waals surface area contributed by atoms with Gasteiger partial charge in [-0.3, -0.25) is 4.79 Å². The molecule has 0 spiro atoms. The number of carbonyl (C=O) groups is 1. The third-order valence-corrected chi connectivity index (χ3v) is 1.63. The molecule has 4 heteroatoms. The highest BCUT2D eigenvalue weighted by atomic mass is 19.1. The van der Waals surface area contributed by atoms with E-state index >= 15 is 0 Å². The number of hydrogen-bond acceptors (Lipinski definition) is 2. The van der Waals surface area contributed by atoms with Crippen LogP contribution in [0.25, 0.3) is 6.08 Å². The molecule has 0 amide bonds. The first-order valence-electron chi connectivity index (χ1n) is 3.84. The fourth-order valence-corrected chi connectivity index (χ4v) is 0.974. The van der Waals surface area contributed by atoms with E-state index < -0.39 is 11.6 Å². The Hall–Kier alpha value is -1.71. The monoisotopic (exact) mass is 198 g/mol. The minimum Gasteiger partial charge on any atom is -0.497 e. The van der Waals surface area contributed by atoms with Gasteiger partial charge in [-0.2, -0.15) is 0 Å². The SMILES string of the molecule is COc1cc(F)c(/C=C/C=O)c(F)c1. The molecule has 0 saturated carbocycles. The Morgan fingerprint density at radius 1 is 1.29 bits per heavy atom. The van der Waals surface area contributed by atoms with Crippen molar-refractivity contribution < 1.29 is 18.3 Å². The first kappa shape index (κ1) is 10.4. The van der Waals surface area contributed by atoms with E-state index in [1.165, 1.54) is 7.11 Å². The van der Waals surface area contributed by atoms with Gasteiger partial charge in [-0.25, -0.2) is 8.78 Å². The van der Waals surface area contributed by atoms with Crippen molar-refractivity contribution in [1.82, 2.24) is 0 Å². The molecule has 0 heterocycles. The van der Waals surface area contributed by atoms with Crippen molar-refractivity contribution in [3.05, 3.63) is 35.4 Å². The zero-order chi connectivity index (χ0) is 10.6. The number of allylic oxidation sites excluding steroid dienone is 1. The second-order valence-corrected chi connectivity index (χ2v) is 2.50. The summed E-state index contributed by atoms with van der Waals surface area (Å²) in [6, 6.07) is 2.10. The quantitative estimate of drug-likeness (QED) is 0.549. The highest BCUT2D eigenvalue weighted by Gasteiger charge is 2.08. The summed E-state index contributed by atoms with van der Waals surface area (Å²) in [5.74, 6) is -1.43. The van der Waals surface area contributed by atoms with E-state index in [1.54, 1.807) is 0 Å². The van der Waals surface area contributed by atoms with Crippen LogP contribution in [0.4, 0.5) is 8.78 Å². The van der Waals surface area contributed by atoms with Gasteiger partial charge in [0, 0.05) is 17.7 Å². The van der Waals surface area contributed by atoms with Crippen LogP contribution in [-0.2, 0) is 4.79 Å². The van der Waals surface area contributed by atoms with Crippen LogP contribution in [0.5, 0.6) is 5.75 Å². The molecule has 0 bridgehead atoms. The number of carbonyl (C=O) groups excluding carboxylic acids is 1. The highest BCUT2D eigenvalue weighted by Crippen LogP contribution is 2.21. The summed E-state index contributed by atoms with van der Waals surface area (Å²) < 4.78 is 30.9. The van der Waals surface area contributed by atoms with Crippen molar-refractivity contribution in [2.75, 3.05) is 7.11 Å². The van der Waals surface area contributed by atoms with E-state index in [4.69, 9.17) is 0 Å². The van der Waals surface area contributed by atoms with Crippen LogP contribution >= 0.6 is 0 Å². The van der Waals surface area contributed by atoms with E-state index in [1.807, 2.05) is 0 Å². The zero-order valence-corrected chi connectivity index (χ0v) is 7.46. The minimum absolute atomic E-state index is 0.100. The van der Waals surface area contributed by atoms with E-state index in [2.05, 4.69) is 4.74 Å². The third-order valence-electron chi connectivity index (χ3n) is 1.63. The van der Waals surface area contributed by atoms with Gasteiger partial charge in [-0.05, 0) is 12.2 Å². The molecule has 1 rings (SSSR count). The number of halogens is 2. The number of methoxy groups -OCH3 is 1. The largest absolute Gasteiger partial charge is 0.497 e. The van der Waals surface area contributed by atoms with Crippen LogP contribution in [0, 0.1) is 11.6 Å². The minimum atomic E-state index is -0.764. The molecular formula is C10H8F2O2. The first-order chi connectivity index (χ1) is 6.69. The summed E-state index contributed by atoms with van der Waals surface area (Å²) >= 11 is 0. The van der Waals surface area contributed by atoms with Gasteiger partial charge in [-0.1, -0.05) is 0 Å². The van der Waals surface area contributed by atoms with Crippen molar-refractivity contribution in [1.29, 1.82) is 0 Å². The maximum Gasteiger partial charge on any atom is 0.142 e. The molecule has 0 N–H and O–H groups in total. The molecule has 74 valence electrons. The maximum absolute atomic E-state index is 13.1. The van der Waals surface area contributed by atoms with E-state index in [0.29, 0.717) is 6.29 Å². The lowest BCUT2D eigenvalue weighted by atomic mass is 10.1. The molecule has 0 fully saturated rings. The van der Waals surface area contributed by atoms with Crippen molar-refractivity contribution in [2.24, 2.45) is 0 Å². The fraction of sp³-hybridized carbons (Fsp3) is 0.100. The van der Waals surface area contributed by atoms with Crippen molar-refractivity contribution in [3.8, 4) is 5.75 Å². The van der Waals surface area contributed by atoms with Crippen molar-refractivity contribution in [3.63, 3.8) is 0 Å². The van der Waals surface area contributed by atoms with E-state index in [9.17, 15) is 13.6 Å². The molecule has 0 aromatic heterocycles. The Kier molecular flexibility index (Phi) is 3.34. The number of ether oxygens (including phenoxy) is 1. The molecule has 0 aliphatic heterocycles. The molecule has 0 aliphatic rings. The Balaban J connectivity index is 3.17. The number of aldehydes is 1. The second kappa shape index (κ2) is 4.50. The summed E-state index contributed by atoms with van der Waals surface area (Å²) in [6.45, 7) is 0. The van der Waals surface area contributed by atoms with Gasteiger partial charge in [-0.15, -0.1) is 0 Å². The highest BCUT2D eigenvalue weighted by molar-refractivity contribution is 5.74. The zero-order valence-electron chi connectivity index (χ0n) is 7.46. The predicted molar refractivity (Wildman–Crippen MR) is 48.0 cm³/mol. The van der Waals surface area contributed by atoms with Crippen molar-refractivity contribution >= 4 is 12.4 Å². The van der Waals surface area contributed by atoms with Gasteiger partial charge in [0.15, 0.2) is 0 Å². The Bertz CT molecular complexity index is 349. The number of benzene rings is 1. The van der Waals surface area contributed by atoms with Crippen molar-refractivity contribution in [2.45, 2.75) is 0 Å². The summed E-state index contributed by atoms with van der Waals surface area (Å²) in [5, 5.41) is 0. The fourth-order valence-electron chi connectivity index (χ4n) is 0.974. The average molecular weight is 198 g/mol. The standard InChI is InChI=1S/C10H8F2O2/c1-14-7-5-9(11)8(3-2-4-13)10(12)6-7/h2-6H,1H3/b3-2+. The molecule has 0 unspecified atom stereocenters. The molecule has 1 aromatic rings. The smallest absolute Gasteiger partial charge is 0.142 e. The van der Waals surface area contributed by atoms with Crippen LogP contribution in [0.3, 0.4) is 0 Å². The van der Waals surface area contributed by atoms with E-state index in [0.717, 1.165) is 24.3 Å². The molecule has 0 atom stereocenters. The molecule has 0 saturated heterocycles. The first-order valence-corrected chi connectivity index (χ1v) is 3.84.